The number of aliphatic carboxylic acids is 1. The van der Waals surface area contributed by atoms with Crippen LogP contribution in [0.3, 0.4) is 0 Å². The molecule has 10 heteroatoms. The van der Waals surface area contributed by atoms with Crippen LogP contribution in [0, 0.1) is 29.4 Å². The van der Waals surface area contributed by atoms with Crippen LogP contribution in [0.5, 0.6) is 0 Å². The van der Waals surface area contributed by atoms with Gasteiger partial charge in [0.1, 0.15) is 18.2 Å². The Hall–Kier alpha value is -2.71. The first-order chi connectivity index (χ1) is 16.8. The third kappa shape index (κ3) is 7.90. The van der Waals surface area contributed by atoms with Gasteiger partial charge in [0.25, 0.3) is 0 Å². The third-order valence-electron chi connectivity index (χ3n) is 5.81. The van der Waals surface area contributed by atoms with Crippen LogP contribution >= 0.6 is 23.2 Å². The molecule has 0 bridgehead atoms. The maximum Gasteiger partial charge on any atom is 0.416 e. The van der Waals surface area contributed by atoms with Crippen LogP contribution in [0.1, 0.15) is 38.8 Å². The second-order valence-corrected chi connectivity index (χ2v) is 9.96. The topological polar surface area (TPSA) is 83.9 Å². The third-order valence-corrected chi connectivity index (χ3v) is 6.42. The quantitative estimate of drug-likeness (QED) is 0.436. The zero-order valence-corrected chi connectivity index (χ0v) is 21.9. The normalized spacial score (nSPS) is 16.8. The molecule has 0 aromatic heterocycles. The number of cyclic esters (lactones) is 1. The van der Waals surface area contributed by atoms with Gasteiger partial charge in [-0.25, -0.2) is 18.5 Å². The van der Waals surface area contributed by atoms with Gasteiger partial charge in [-0.15, -0.1) is 0 Å². The highest BCUT2D eigenvalue weighted by Crippen LogP contribution is 2.24. The number of carbonyl (C=O) groups excluding carboxylic acids is 2. The van der Waals surface area contributed by atoms with Gasteiger partial charge in [-0.2, -0.15) is 0 Å². The average molecular weight is 544 g/mol. The SMILES string of the molecule is CC(C)[C@@H]1COC(=O)N1C(=O)[C@H](C)Cc1ccc(Cl)c(F)c1.C[C@H](Cc1ccc(Cl)c(F)c1)C(=O)O. The molecule has 1 aliphatic heterocycles. The molecule has 1 aliphatic rings. The van der Waals surface area contributed by atoms with Gasteiger partial charge in [-0.1, -0.05) is 63.0 Å². The number of carbonyl (C=O) groups is 3. The van der Waals surface area contributed by atoms with Crippen LogP contribution in [0.15, 0.2) is 36.4 Å². The summed E-state index contributed by atoms with van der Waals surface area (Å²) in [6.45, 7) is 7.40. The fraction of sp³-hybridized carbons (Fsp3) is 0.423. The second kappa shape index (κ2) is 13.0. The maximum absolute atomic E-state index is 13.5. The van der Waals surface area contributed by atoms with E-state index in [9.17, 15) is 23.2 Å². The fourth-order valence-corrected chi connectivity index (χ4v) is 3.87. The number of ether oxygens (including phenoxy) is 1. The van der Waals surface area contributed by atoms with Crippen molar-refractivity contribution < 1.29 is 33.0 Å². The minimum absolute atomic E-state index is 0.0470. The Labute approximate surface area is 219 Å². The van der Waals surface area contributed by atoms with E-state index in [-0.39, 0.29) is 34.5 Å². The number of hydrogen-bond acceptors (Lipinski definition) is 4. The van der Waals surface area contributed by atoms with Gasteiger partial charge in [0, 0.05) is 5.92 Å². The molecule has 196 valence electrons. The minimum atomic E-state index is -0.889. The van der Waals surface area contributed by atoms with Crippen molar-refractivity contribution in [3.63, 3.8) is 0 Å². The van der Waals surface area contributed by atoms with E-state index in [1.54, 1.807) is 26.0 Å². The van der Waals surface area contributed by atoms with E-state index < -0.39 is 35.5 Å². The number of halogens is 4. The van der Waals surface area contributed by atoms with Gasteiger partial charge >= 0.3 is 12.1 Å². The van der Waals surface area contributed by atoms with Gasteiger partial charge < -0.3 is 9.84 Å². The molecule has 3 rings (SSSR count). The van der Waals surface area contributed by atoms with Crippen molar-refractivity contribution in [1.29, 1.82) is 0 Å². The molecule has 1 saturated heterocycles. The van der Waals surface area contributed by atoms with Crippen molar-refractivity contribution in [2.45, 2.75) is 46.6 Å². The van der Waals surface area contributed by atoms with Crippen LogP contribution in [0.2, 0.25) is 10.0 Å². The van der Waals surface area contributed by atoms with Gasteiger partial charge in [-0.05, 0) is 54.2 Å². The van der Waals surface area contributed by atoms with E-state index in [1.807, 2.05) is 13.8 Å². The van der Waals surface area contributed by atoms with Gasteiger partial charge in [-0.3, -0.25) is 9.59 Å². The molecule has 0 aliphatic carbocycles. The van der Waals surface area contributed by atoms with Crippen molar-refractivity contribution in [3.05, 3.63) is 69.2 Å². The largest absolute Gasteiger partial charge is 0.481 e. The first-order valence-electron chi connectivity index (χ1n) is 11.4. The summed E-state index contributed by atoms with van der Waals surface area (Å²) in [5.41, 5.74) is 1.30. The monoisotopic (exact) mass is 543 g/mol. The lowest BCUT2D eigenvalue weighted by Crippen LogP contribution is -2.44. The lowest BCUT2D eigenvalue weighted by atomic mass is 9.97. The number of rotatable bonds is 7. The van der Waals surface area contributed by atoms with Crippen LogP contribution in [0.4, 0.5) is 13.6 Å². The predicted molar refractivity (Wildman–Crippen MR) is 133 cm³/mol. The molecule has 36 heavy (non-hydrogen) atoms. The molecule has 6 nitrogen and oxygen atoms in total. The number of hydrogen-bond donors (Lipinski definition) is 1. The van der Waals surface area contributed by atoms with E-state index in [0.29, 0.717) is 24.0 Å². The Bertz CT molecular complexity index is 1110. The van der Waals surface area contributed by atoms with Gasteiger partial charge in [0.2, 0.25) is 5.91 Å². The fourth-order valence-electron chi connectivity index (χ4n) is 3.63. The molecular weight excluding hydrogens is 515 g/mol. The van der Waals surface area contributed by atoms with Crippen molar-refractivity contribution in [2.75, 3.05) is 6.61 Å². The molecule has 2 aromatic carbocycles. The maximum atomic E-state index is 13.5. The molecular formula is C26H29Cl2F2NO5. The van der Waals surface area contributed by atoms with Crippen molar-refractivity contribution in [2.24, 2.45) is 17.8 Å². The summed E-state index contributed by atoms with van der Waals surface area (Å²) in [6, 6.07) is 8.54. The molecule has 0 saturated carbocycles. The van der Waals surface area contributed by atoms with Crippen LogP contribution in [-0.2, 0) is 27.2 Å². The van der Waals surface area contributed by atoms with E-state index in [2.05, 4.69) is 0 Å². The Kier molecular flexibility index (Phi) is 10.7. The Morgan fingerprint density at radius 2 is 1.44 bits per heavy atom. The molecule has 1 heterocycles. The Morgan fingerprint density at radius 1 is 0.972 bits per heavy atom. The molecule has 3 atom stereocenters. The zero-order chi connectivity index (χ0) is 27.2. The van der Waals surface area contributed by atoms with Crippen LogP contribution in [-0.4, -0.2) is 40.6 Å². The van der Waals surface area contributed by atoms with Crippen molar-refractivity contribution in [3.8, 4) is 0 Å². The molecule has 0 radical (unpaired) electrons. The average Bonchev–Trinajstić information content (AvgIpc) is 3.20. The highest BCUT2D eigenvalue weighted by atomic mass is 35.5. The summed E-state index contributed by atoms with van der Waals surface area (Å²) in [6.07, 6.45) is 0.0446. The summed E-state index contributed by atoms with van der Waals surface area (Å²) in [7, 11) is 0. The molecule has 2 aromatic rings. The number of carboxylic acid groups (broad SMARTS) is 1. The van der Waals surface area contributed by atoms with Gasteiger partial charge in [0.05, 0.1) is 22.0 Å². The van der Waals surface area contributed by atoms with E-state index in [4.69, 9.17) is 33.0 Å². The van der Waals surface area contributed by atoms with Crippen molar-refractivity contribution in [1.82, 2.24) is 4.90 Å². The molecule has 2 amide bonds. The lowest BCUT2D eigenvalue weighted by molar-refractivity contribution is -0.141. The first-order valence-corrected chi connectivity index (χ1v) is 12.2. The predicted octanol–water partition coefficient (Wildman–Crippen LogP) is 6.40. The molecule has 1 N–H and O–H groups in total. The summed E-state index contributed by atoms with van der Waals surface area (Å²) in [5, 5.41) is 8.75. The highest BCUT2D eigenvalue weighted by molar-refractivity contribution is 6.31. The van der Waals surface area contributed by atoms with E-state index in [1.165, 1.54) is 29.2 Å². The summed E-state index contributed by atoms with van der Waals surface area (Å²) in [5.74, 6) is -3.06. The summed E-state index contributed by atoms with van der Waals surface area (Å²) in [4.78, 5) is 36.1. The van der Waals surface area contributed by atoms with E-state index >= 15 is 0 Å². The zero-order valence-electron chi connectivity index (χ0n) is 20.4. The molecule has 0 unspecified atom stereocenters. The lowest BCUT2D eigenvalue weighted by Gasteiger charge is -2.25. The number of benzene rings is 2. The Balaban J connectivity index is 0.000000281. The Morgan fingerprint density at radius 3 is 1.86 bits per heavy atom. The summed E-state index contributed by atoms with van der Waals surface area (Å²) < 4.78 is 31.4. The molecule has 1 fully saturated rings. The van der Waals surface area contributed by atoms with Gasteiger partial charge in [0.15, 0.2) is 0 Å². The highest BCUT2D eigenvalue weighted by Gasteiger charge is 2.41. The minimum Gasteiger partial charge on any atom is -0.481 e. The number of carboxylic acids is 1. The van der Waals surface area contributed by atoms with Crippen LogP contribution < -0.4 is 0 Å². The molecule has 0 spiro atoms. The van der Waals surface area contributed by atoms with Crippen LogP contribution in [0.25, 0.3) is 0 Å². The first kappa shape index (κ1) is 29.5. The summed E-state index contributed by atoms with van der Waals surface area (Å²) >= 11 is 11.1. The second-order valence-electron chi connectivity index (χ2n) is 9.14. The van der Waals surface area contributed by atoms with E-state index in [0.717, 1.165) is 0 Å². The number of nitrogens with zero attached hydrogens (tertiary/aromatic N) is 1. The standard InChI is InChI=1S/C16H19ClFNO3.C10H10ClFO2/c1-9(2)14-8-22-16(21)19(14)15(20)10(3)6-11-4-5-12(17)13(18)7-11;1-6(10(13)14)4-7-2-3-8(11)9(12)5-7/h4-5,7,9-10,14H,6,8H2,1-3H3;2-3,5-6H,4H2,1H3,(H,13,14)/t10-,14+;6-/m11/s1. The smallest absolute Gasteiger partial charge is 0.416 e. The van der Waals surface area contributed by atoms with Crippen molar-refractivity contribution >= 4 is 41.2 Å². The number of imide groups is 1. The number of amides is 2.